The Balaban J connectivity index is 2.45. The van der Waals surface area contributed by atoms with Gasteiger partial charge in [-0.05, 0) is 25.2 Å². The van der Waals surface area contributed by atoms with Crippen LogP contribution in [0.4, 0.5) is 4.79 Å². The Kier molecular flexibility index (Phi) is 4.37. The molecule has 1 N–H and O–H groups in total. The topological polar surface area (TPSA) is 73.6 Å². The summed E-state index contributed by atoms with van der Waals surface area (Å²) in [5.74, 6) is 0.310. The van der Waals surface area contributed by atoms with Gasteiger partial charge in [0, 0.05) is 20.3 Å². The van der Waals surface area contributed by atoms with E-state index < -0.39 is 12.1 Å². The summed E-state index contributed by atoms with van der Waals surface area (Å²) in [6, 6.07) is 1.46. The lowest BCUT2D eigenvalue weighted by Crippen LogP contribution is -2.37. The van der Waals surface area contributed by atoms with E-state index in [1.807, 2.05) is 6.07 Å². The van der Waals surface area contributed by atoms with Crippen molar-refractivity contribution in [2.45, 2.75) is 25.3 Å². The van der Waals surface area contributed by atoms with Gasteiger partial charge < -0.3 is 9.84 Å². The van der Waals surface area contributed by atoms with E-state index >= 15 is 0 Å². The zero-order valence-electron chi connectivity index (χ0n) is 8.85. The first-order valence-electron chi connectivity index (χ1n) is 5.08. The predicted molar refractivity (Wildman–Crippen MR) is 53.3 cm³/mol. The summed E-state index contributed by atoms with van der Waals surface area (Å²) >= 11 is 0. The van der Waals surface area contributed by atoms with Gasteiger partial charge in [-0.1, -0.05) is 0 Å². The fourth-order valence-electron chi connectivity index (χ4n) is 1.74. The molecule has 84 valence electrons. The maximum absolute atomic E-state index is 10.7. The number of ether oxygens (including phenoxy) is 1. The highest BCUT2D eigenvalue weighted by Gasteiger charge is 2.24. The number of nitrogens with zero attached hydrogens (tertiary/aromatic N) is 2. The number of carbonyl (C=O) groups is 1. The van der Waals surface area contributed by atoms with Crippen molar-refractivity contribution < 1.29 is 14.6 Å². The third-order valence-electron chi connectivity index (χ3n) is 2.73. The highest BCUT2D eigenvalue weighted by Crippen LogP contribution is 2.20. The lowest BCUT2D eigenvalue weighted by molar-refractivity contribution is 0.0441. The Morgan fingerprint density at radius 1 is 1.80 bits per heavy atom. The van der Waals surface area contributed by atoms with Crippen LogP contribution in [0.25, 0.3) is 0 Å². The molecule has 1 heterocycles. The molecule has 15 heavy (non-hydrogen) atoms. The van der Waals surface area contributed by atoms with Crippen LogP contribution in [0.2, 0.25) is 0 Å². The molecule has 1 rings (SSSR count). The molecule has 0 aromatic carbocycles. The van der Waals surface area contributed by atoms with Crippen molar-refractivity contribution in [1.29, 1.82) is 5.26 Å². The molecule has 0 spiro atoms. The first-order chi connectivity index (χ1) is 7.15. The van der Waals surface area contributed by atoms with E-state index in [0.29, 0.717) is 18.9 Å². The van der Waals surface area contributed by atoms with Crippen LogP contribution in [-0.2, 0) is 4.74 Å². The SMILES string of the molecule is CN(C(=O)O)C(C#N)C[C@@H]1CCCOC1. The van der Waals surface area contributed by atoms with Crippen LogP contribution in [-0.4, -0.2) is 42.4 Å². The second kappa shape index (κ2) is 5.56. The molecule has 1 fully saturated rings. The standard InChI is InChI=1S/C10H16N2O3/c1-12(10(13)14)9(6-11)5-8-3-2-4-15-7-8/h8-9H,2-5,7H2,1H3,(H,13,14)/t8-,9?/m0/s1. The van der Waals surface area contributed by atoms with Gasteiger partial charge in [0.05, 0.1) is 6.07 Å². The summed E-state index contributed by atoms with van der Waals surface area (Å²) in [4.78, 5) is 11.7. The molecule has 0 radical (unpaired) electrons. The van der Waals surface area contributed by atoms with Gasteiger partial charge in [0.1, 0.15) is 6.04 Å². The maximum Gasteiger partial charge on any atom is 0.408 e. The molecule has 2 atom stereocenters. The summed E-state index contributed by atoms with van der Waals surface area (Å²) in [5, 5.41) is 17.6. The predicted octanol–water partition coefficient (Wildman–Crippen LogP) is 1.31. The van der Waals surface area contributed by atoms with Gasteiger partial charge in [0.25, 0.3) is 0 Å². The van der Waals surface area contributed by atoms with E-state index in [9.17, 15) is 4.79 Å². The molecule has 1 saturated heterocycles. The lowest BCUT2D eigenvalue weighted by atomic mass is 9.94. The van der Waals surface area contributed by atoms with Crippen molar-refractivity contribution in [2.75, 3.05) is 20.3 Å². The quantitative estimate of drug-likeness (QED) is 0.765. The highest BCUT2D eigenvalue weighted by atomic mass is 16.5. The third kappa shape index (κ3) is 3.40. The fourth-order valence-corrected chi connectivity index (χ4v) is 1.74. The molecule has 5 nitrogen and oxygen atoms in total. The minimum Gasteiger partial charge on any atom is -0.465 e. The van der Waals surface area contributed by atoms with Crippen molar-refractivity contribution in [2.24, 2.45) is 5.92 Å². The maximum atomic E-state index is 10.7. The molecule has 0 aromatic rings. The van der Waals surface area contributed by atoms with Crippen LogP contribution in [0.1, 0.15) is 19.3 Å². The molecule has 1 aliphatic rings. The van der Waals surface area contributed by atoms with Gasteiger partial charge in [-0.25, -0.2) is 4.79 Å². The van der Waals surface area contributed by atoms with Crippen molar-refractivity contribution in [1.82, 2.24) is 4.90 Å². The summed E-state index contributed by atoms with van der Waals surface area (Å²) in [6.45, 7) is 1.42. The molecule has 0 aromatic heterocycles. The van der Waals surface area contributed by atoms with Gasteiger partial charge in [-0.3, -0.25) is 4.90 Å². The number of amides is 1. The third-order valence-corrected chi connectivity index (χ3v) is 2.73. The van der Waals surface area contributed by atoms with E-state index in [1.54, 1.807) is 0 Å². The second-order valence-corrected chi connectivity index (χ2v) is 3.86. The summed E-state index contributed by atoms with van der Waals surface area (Å²) in [7, 11) is 1.43. The van der Waals surface area contributed by atoms with Crippen LogP contribution < -0.4 is 0 Å². The molecular formula is C10H16N2O3. The van der Waals surface area contributed by atoms with Crippen LogP contribution in [0, 0.1) is 17.2 Å². The van der Waals surface area contributed by atoms with Crippen molar-refractivity contribution in [3.63, 3.8) is 0 Å². The molecule has 0 aliphatic carbocycles. The minimum absolute atomic E-state index is 0.310. The molecule has 5 heteroatoms. The fraction of sp³-hybridized carbons (Fsp3) is 0.800. The summed E-state index contributed by atoms with van der Waals surface area (Å²) in [5.41, 5.74) is 0. The van der Waals surface area contributed by atoms with E-state index in [0.717, 1.165) is 24.3 Å². The van der Waals surface area contributed by atoms with E-state index in [1.165, 1.54) is 7.05 Å². The van der Waals surface area contributed by atoms with Crippen LogP contribution in [0.5, 0.6) is 0 Å². The Labute approximate surface area is 89.2 Å². The normalized spacial score (nSPS) is 22.8. The number of hydrogen-bond donors (Lipinski definition) is 1. The number of rotatable bonds is 3. The Hall–Kier alpha value is -1.28. The van der Waals surface area contributed by atoms with Crippen molar-refractivity contribution in [3.05, 3.63) is 0 Å². The van der Waals surface area contributed by atoms with E-state index in [4.69, 9.17) is 15.1 Å². The van der Waals surface area contributed by atoms with Gasteiger partial charge >= 0.3 is 6.09 Å². The van der Waals surface area contributed by atoms with Crippen LogP contribution in [0.3, 0.4) is 0 Å². The summed E-state index contributed by atoms with van der Waals surface area (Å²) < 4.78 is 5.29. The molecule has 1 amide bonds. The lowest BCUT2D eigenvalue weighted by Gasteiger charge is -2.27. The van der Waals surface area contributed by atoms with E-state index in [-0.39, 0.29) is 0 Å². The zero-order chi connectivity index (χ0) is 11.3. The van der Waals surface area contributed by atoms with Gasteiger partial charge in [0.15, 0.2) is 0 Å². The Bertz CT molecular complexity index is 256. The number of hydrogen-bond acceptors (Lipinski definition) is 3. The van der Waals surface area contributed by atoms with Crippen LogP contribution >= 0.6 is 0 Å². The smallest absolute Gasteiger partial charge is 0.408 e. The second-order valence-electron chi connectivity index (χ2n) is 3.86. The monoisotopic (exact) mass is 212 g/mol. The zero-order valence-corrected chi connectivity index (χ0v) is 8.85. The summed E-state index contributed by atoms with van der Waals surface area (Å²) in [6.07, 6.45) is 1.53. The average molecular weight is 212 g/mol. The molecule has 0 bridgehead atoms. The molecule has 0 saturated carbocycles. The Morgan fingerprint density at radius 2 is 2.53 bits per heavy atom. The first-order valence-corrected chi connectivity index (χ1v) is 5.08. The van der Waals surface area contributed by atoms with Crippen LogP contribution in [0.15, 0.2) is 0 Å². The largest absolute Gasteiger partial charge is 0.465 e. The highest BCUT2D eigenvalue weighted by molar-refractivity contribution is 5.65. The molecular weight excluding hydrogens is 196 g/mol. The Morgan fingerprint density at radius 3 is 3.00 bits per heavy atom. The number of nitriles is 1. The van der Waals surface area contributed by atoms with Gasteiger partial charge in [0.2, 0.25) is 0 Å². The minimum atomic E-state index is -1.06. The average Bonchev–Trinajstić information content (AvgIpc) is 2.26. The van der Waals surface area contributed by atoms with Crippen molar-refractivity contribution in [3.8, 4) is 6.07 Å². The van der Waals surface area contributed by atoms with Gasteiger partial charge in [-0.15, -0.1) is 0 Å². The first kappa shape index (κ1) is 11.8. The molecule has 1 aliphatic heterocycles. The number of carboxylic acid groups (broad SMARTS) is 1. The van der Waals surface area contributed by atoms with E-state index in [2.05, 4.69) is 0 Å². The van der Waals surface area contributed by atoms with Gasteiger partial charge in [-0.2, -0.15) is 5.26 Å². The molecule has 1 unspecified atom stereocenters. The van der Waals surface area contributed by atoms with Crippen molar-refractivity contribution >= 4 is 6.09 Å².